The van der Waals surface area contributed by atoms with Crippen LogP contribution < -0.4 is 22.1 Å². The molecular weight excluding hydrogens is 1670 g/mol. The number of esters is 5. The number of methoxy groups -OCH3 is 2. The monoisotopic (exact) mass is 1850 g/mol. The third-order valence-electron chi connectivity index (χ3n) is 42.9. The summed E-state index contributed by atoms with van der Waals surface area (Å²) in [4.78, 5) is 70.2. The quantitative estimate of drug-likeness (QED) is 0.0259. The van der Waals surface area contributed by atoms with E-state index in [4.69, 9.17) is 46.9 Å². The van der Waals surface area contributed by atoms with Crippen LogP contribution in [0.2, 0.25) is 0 Å². The molecule has 0 amide bonds. The van der Waals surface area contributed by atoms with Gasteiger partial charge < -0.3 is 60.8 Å². The molecule has 15 aliphatic rings. The predicted octanol–water partition coefficient (Wildman–Crippen LogP) is 20.4. The molecule has 15 fully saturated rings. The summed E-state index contributed by atoms with van der Waals surface area (Å²) in [5, 5.41) is 24.4. The molecule has 0 unspecified atom stereocenters. The topological polar surface area (TPSA) is 316 Å². The van der Waals surface area contributed by atoms with Gasteiger partial charge in [0, 0.05) is 68.6 Å². The second kappa shape index (κ2) is 40.5. The third-order valence-corrected chi connectivity index (χ3v) is 42.9. The SMILES string of the molecule is C=C(C)[C@@H]1CC[C@]2(C=O)CC[C@]3(C)[C@H](CC[C@@H]4[C@@]5(C)CC[C@H](OC(C)=O)C(C)(C)[C@@H]5CC[C@]43C)[C@@H]12.C=C(C)[C@@H]1CC[C@]2(CNCC(=O)OC)CC[C@]3(C)[C@H](CC[C@@H]4[C@@]5(C)CC[C@H](OC(C)=O)C(C)(C)[C@@H]5CC[C@]43C)[C@@H]12.C=C(C)[C@@H]1CC[C@]2(CNCCO)CC[C@]3(C)[C@H](CC[C@@H]4[C@@]5(C)CC[C@H](OC(C)=O)C(C)(C)[C@@H]5CC[C@]43C)[C@@H]12.COC(=O)CN.Cl.NCCO.[O]=[Cr](=[O])=[O]. The predicted molar refractivity (Wildman–Crippen MR) is 501 cm³/mol. The van der Waals surface area contributed by atoms with Gasteiger partial charge in [0.05, 0.1) is 40.5 Å². The second-order valence-corrected chi connectivity index (χ2v) is 49.2. The Morgan fingerprint density at radius 1 is 0.391 bits per heavy atom. The standard InChI is InChI=1S/C35H57NO4.C34H57NO3.C32H50O3.C3H7NO2.C2H7NO.ClH.Cr.3O/c1-22(2)24-12-17-35(21-36-20-29(38)39-9)19-18-33(7)25(30(24)35)10-11-27-32(6)15-14-28(40-23(3)37)31(4,5)26(32)13-16-34(27,33)8;1-22(2)24-11-16-34(21-35-19-20-36)18-17-32(7)25(29(24)34)9-10-27-31(6)14-13-28(38-23(3)37)30(4,5)26(31)12-15-33(27,32)8;1-20(2)22-11-16-32(19-33)18-17-30(7)23(27(22)32)9-10-25-29(6)14-13-26(35-21(3)34)28(4,5)24(29)12-15-31(25,30)8;1-6-3(5)2-4;3-1-2-4;;;;;/h24-28,30,36H,1,10-21H2,2-9H3;24-29,35-36H,1,9-21H2,2-8H3;19,22-27H,1,9-18H2,2-8H3;2,4H2,1H3;4H,1-3H2;1H;;;;/t24-,25+,26-,27+,28-,30+,32-,33+,34+,35+;24-,25+,26-,27+,28-,29+,31-,32+,33+,34+;22-,23+,24-,25+,26-,27+,29-,30+,31+,32+;;;;;;;/m000......./s1. The van der Waals surface area contributed by atoms with Gasteiger partial charge in [-0.15, -0.1) is 12.4 Å². The first kappa shape index (κ1) is 108. The van der Waals surface area contributed by atoms with Crippen molar-refractivity contribution < 1.29 is 88.0 Å². The van der Waals surface area contributed by atoms with Crippen LogP contribution in [-0.4, -0.2) is 131 Å². The molecule has 15 saturated carbocycles. The minimum atomic E-state index is -3.79. The molecule has 732 valence electrons. The van der Waals surface area contributed by atoms with Gasteiger partial charge in [0.25, 0.3) is 0 Å². The van der Waals surface area contributed by atoms with E-state index < -0.39 is 14.0 Å². The minimum absolute atomic E-state index is 0. The number of hydrogen-bond acceptors (Lipinski definition) is 20. The zero-order valence-corrected chi connectivity index (χ0v) is 86.1. The van der Waals surface area contributed by atoms with Gasteiger partial charge >= 0.3 is 55.2 Å². The van der Waals surface area contributed by atoms with Crippen molar-refractivity contribution in [1.82, 2.24) is 10.6 Å². The van der Waals surface area contributed by atoms with Crippen LogP contribution in [-0.2, 0) is 77.8 Å². The van der Waals surface area contributed by atoms with Crippen molar-refractivity contribution in [2.45, 2.75) is 356 Å². The van der Waals surface area contributed by atoms with Gasteiger partial charge in [-0.2, -0.15) is 0 Å². The zero-order valence-electron chi connectivity index (χ0n) is 84.0. The molecule has 0 aromatic rings. The first-order chi connectivity index (χ1) is 59.1. The summed E-state index contributed by atoms with van der Waals surface area (Å²) in [7, 11) is 2.78. The van der Waals surface area contributed by atoms with Gasteiger partial charge in [0.15, 0.2) is 0 Å². The van der Waals surface area contributed by atoms with E-state index in [9.17, 15) is 33.9 Å². The number of aliphatic hydroxyl groups is 2. The third kappa shape index (κ3) is 18.7. The molecule has 22 heteroatoms. The Hall–Kier alpha value is -3.78. The maximum absolute atomic E-state index is 12.6. The Morgan fingerprint density at radius 3 is 0.992 bits per heavy atom. The summed E-state index contributed by atoms with van der Waals surface area (Å²) in [5.74, 6) is 8.57. The van der Waals surface area contributed by atoms with E-state index >= 15 is 0 Å². The Kier molecular flexibility index (Phi) is 34.1. The molecule has 0 heterocycles. The van der Waals surface area contributed by atoms with E-state index in [1.807, 2.05) is 0 Å². The molecule has 20 nitrogen and oxygen atoms in total. The van der Waals surface area contributed by atoms with Crippen molar-refractivity contribution in [1.29, 1.82) is 0 Å². The number of halogens is 1. The molecule has 8 N–H and O–H groups in total. The van der Waals surface area contributed by atoms with Gasteiger partial charge in [-0.05, 0) is 362 Å². The molecule has 15 aliphatic carbocycles. The second-order valence-electron chi connectivity index (χ2n) is 48.6. The number of carbonyl (C=O) groups is 6. The molecular formula is C106H179ClCrN4O16. The van der Waals surface area contributed by atoms with Crippen LogP contribution in [0.1, 0.15) is 338 Å². The number of nitrogens with two attached hydrogens (primary N) is 2. The molecule has 0 saturated heterocycles. The number of ether oxygens (including phenoxy) is 5. The first-order valence-corrected chi connectivity index (χ1v) is 51.6. The number of fused-ring (bicyclic) bond motifs is 21. The van der Waals surface area contributed by atoms with Gasteiger partial charge in [-0.3, -0.25) is 24.0 Å². The fourth-order valence-corrected chi connectivity index (χ4v) is 36.7. The van der Waals surface area contributed by atoms with Crippen LogP contribution in [0.25, 0.3) is 0 Å². The molecule has 30 atom stereocenters. The number of aliphatic hydroxyl groups excluding tert-OH is 2. The van der Waals surface area contributed by atoms with Crippen molar-refractivity contribution in [2.75, 3.05) is 66.7 Å². The molecule has 0 aromatic carbocycles. The van der Waals surface area contributed by atoms with E-state index in [2.05, 4.69) is 160 Å². The van der Waals surface area contributed by atoms with Crippen LogP contribution in [0.15, 0.2) is 36.5 Å². The Labute approximate surface area is 783 Å². The molecule has 15 rings (SSSR count). The van der Waals surface area contributed by atoms with Gasteiger partial charge in [-0.25, -0.2) is 0 Å². The van der Waals surface area contributed by atoms with Crippen molar-refractivity contribution in [3.63, 3.8) is 0 Å². The Morgan fingerprint density at radius 2 is 0.703 bits per heavy atom. The van der Waals surface area contributed by atoms with E-state index in [0.717, 1.165) is 69.9 Å². The fraction of sp³-hybridized carbons (Fsp3) is 0.887. The average Bonchev–Trinajstić information content (AvgIpc) is 1.13. The number of hydrogen-bond donors (Lipinski definition) is 6. The summed E-state index contributed by atoms with van der Waals surface area (Å²) in [5.41, 5.74) is 16.9. The Bertz CT molecular complexity index is 4090. The van der Waals surface area contributed by atoms with Gasteiger partial charge in [-0.1, -0.05) is 140 Å². The van der Waals surface area contributed by atoms with E-state index in [1.165, 1.54) is 185 Å². The van der Waals surface area contributed by atoms with Crippen LogP contribution >= 0.6 is 12.4 Å². The van der Waals surface area contributed by atoms with Gasteiger partial charge in [0.1, 0.15) is 24.6 Å². The van der Waals surface area contributed by atoms with Crippen LogP contribution in [0, 0.1) is 170 Å². The normalized spacial score (nSPS) is 44.5. The summed E-state index contributed by atoms with van der Waals surface area (Å²) < 4.78 is 52.5. The van der Waals surface area contributed by atoms with E-state index in [-0.39, 0.29) is 124 Å². The number of nitrogens with one attached hydrogen (secondary N) is 2. The van der Waals surface area contributed by atoms with Crippen molar-refractivity contribution in [3.8, 4) is 0 Å². The number of carbonyl (C=O) groups excluding carboxylic acids is 6. The molecule has 128 heavy (non-hydrogen) atoms. The van der Waals surface area contributed by atoms with Crippen LogP contribution in [0.5, 0.6) is 0 Å². The molecule has 0 spiro atoms. The number of allylic oxidation sites excluding steroid dienone is 3. The van der Waals surface area contributed by atoms with E-state index in [0.29, 0.717) is 134 Å². The zero-order chi connectivity index (χ0) is 94.6. The number of rotatable bonds is 17. The number of aldehydes is 1. The summed E-state index contributed by atoms with van der Waals surface area (Å²) >= 11 is -3.79. The fourth-order valence-electron chi connectivity index (χ4n) is 36.7. The molecule has 0 aromatic heterocycles. The molecule has 0 bridgehead atoms. The molecule has 0 radical (unpaired) electrons. The molecule has 0 aliphatic heterocycles. The van der Waals surface area contributed by atoms with Crippen molar-refractivity contribution in [2.24, 2.45) is 181 Å². The van der Waals surface area contributed by atoms with Gasteiger partial charge in [0.2, 0.25) is 0 Å². The summed E-state index contributed by atoms with van der Waals surface area (Å²) in [6.07, 6.45) is 38.1. The maximum atomic E-state index is 12.6. The summed E-state index contributed by atoms with van der Waals surface area (Å²) in [6.45, 7) is 66.7. The van der Waals surface area contributed by atoms with Crippen LogP contribution in [0.4, 0.5) is 0 Å². The summed E-state index contributed by atoms with van der Waals surface area (Å²) in [6, 6.07) is 0. The Balaban J connectivity index is 0.000000201. The van der Waals surface area contributed by atoms with E-state index in [1.54, 1.807) is 20.8 Å². The first-order valence-electron chi connectivity index (χ1n) is 50.0. The average molecular weight is 1850 g/mol. The van der Waals surface area contributed by atoms with Crippen molar-refractivity contribution in [3.05, 3.63) is 36.5 Å². The van der Waals surface area contributed by atoms with Crippen LogP contribution in [0.3, 0.4) is 0 Å². The van der Waals surface area contributed by atoms with Crippen molar-refractivity contribution >= 4 is 48.5 Å².